The lowest BCUT2D eigenvalue weighted by Gasteiger charge is -1.98. The number of hydrogen-bond acceptors (Lipinski definition) is 3. The highest BCUT2D eigenvalue weighted by molar-refractivity contribution is 6.30. The van der Waals surface area contributed by atoms with Crippen LogP contribution in [0.2, 0.25) is 5.02 Å². The lowest BCUT2D eigenvalue weighted by molar-refractivity contribution is 0.0737. The molecule has 0 N–H and O–H groups in total. The zero-order valence-electron chi connectivity index (χ0n) is 9.26. The Kier molecular flexibility index (Phi) is 2.61. The summed E-state index contributed by atoms with van der Waals surface area (Å²) in [6, 6.07) is 14.2. The van der Waals surface area contributed by atoms with Gasteiger partial charge in [0, 0.05) is 5.02 Å². The number of carbonyl (C=O) groups excluding carboxylic acids is 1. The molecule has 3 nitrogen and oxygen atoms in total. The van der Waals surface area contributed by atoms with Crippen LogP contribution >= 0.6 is 11.6 Å². The quantitative estimate of drug-likeness (QED) is 0.733. The fraction of sp³-hybridized carbons (Fsp3) is 0. The largest absolute Gasteiger partial charge is 0.403 e. The number of hydrogen-bond donors (Lipinski definition) is 0. The van der Waals surface area contributed by atoms with Crippen molar-refractivity contribution in [2.45, 2.75) is 0 Å². The SMILES string of the molecule is O=C1O/C(=N\c2cccc(Cl)c2)c2ccccc21. The summed E-state index contributed by atoms with van der Waals surface area (Å²) in [7, 11) is 0. The second kappa shape index (κ2) is 4.27. The van der Waals surface area contributed by atoms with E-state index in [1.807, 2.05) is 12.1 Å². The van der Waals surface area contributed by atoms with Gasteiger partial charge in [0.1, 0.15) is 0 Å². The molecule has 2 aromatic rings. The molecular formula is C14H8ClNO2. The van der Waals surface area contributed by atoms with Gasteiger partial charge < -0.3 is 4.74 Å². The van der Waals surface area contributed by atoms with Crippen LogP contribution in [0.3, 0.4) is 0 Å². The summed E-state index contributed by atoms with van der Waals surface area (Å²) >= 11 is 5.88. The molecule has 0 bridgehead atoms. The van der Waals surface area contributed by atoms with Crippen molar-refractivity contribution in [1.82, 2.24) is 0 Å². The van der Waals surface area contributed by atoms with E-state index in [4.69, 9.17) is 16.3 Å². The molecule has 0 aromatic heterocycles. The average Bonchev–Trinajstić information content (AvgIpc) is 2.67. The average molecular weight is 258 g/mol. The van der Waals surface area contributed by atoms with Crippen molar-refractivity contribution in [3.05, 3.63) is 64.7 Å². The summed E-state index contributed by atoms with van der Waals surface area (Å²) in [5.41, 5.74) is 1.91. The summed E-state index contributed by atoms with van der Waals surface area (Å²) in [6.45, 7) is 0. The standard InChI is InChI=1S/C14H8ClNO2/c15-9-4-3-5-10(8-9)16-13-11-6-1-2-7-12(11)14(17)18-13/h1-8H/b16-13-. The second-order valence-electron chi connectivity index (χ2n) is 3.83. The number of nitrogens with zero attached hydrogens (tertiary/aromatic N) is 1. The minimum atomic E-state index is -0.369. The number of fused-ring (bicyclic) bond motifs is 1. The van der Waals surface area contributed by atoms with Crippen LogP contribution in [-0.4, -0.2) is 11.9 Å². The van der Waals surface area contributed by atoms with E-state index >= 15 is 0 Å². The Hall–Kier alpha value is -2.13. The van der Waals surface area contributed by atoms with E-state index < -0.39 is 0 Å². The van der Waals surface area contributed by atoms with E-state index in [0.29, 0.717) is 27.7 Å². The Balaban J connectivity index is 2.07. The van der Waals surface area contributed by atoms with E-state index in [9.17, 15) is 4.79 Å². The summed E-state index contributed by atoms with van der Waals surface area (Å²) in [5.74, 6) is -0.0516. The zero-order valence-corrected chi connectivity index (χ0v) is 10.0. The van der Waals surface area contributed by atoms with Gasteiger partial charge in [0.15, 0.2) is 0 Å². The summed E-state index contributed by atoms with van der Waals surface area (Å²) in [6.07, 6.45) is 0. The molecule has 0 radical (unpaired) electrons. The van der Waals surface area contributed by atoms with Crippen LogP contribution in [-0.2, 0) is 4.74 Å². The van der Waals surface area contributed by atoms with Crippen molar-refractivity contribution in [2.75, 3.05) is 0 Å². The fourth-order valence-electron chi connectivity index (χ4n) is 1.79. The van der Waals surface area contributed by atoms with Crippen molar-refractivity contribution in [3.63, 3.8) is 0 Å². The molecule has 18 heavy (non-hydrogen) atoms. The predicted molar refractivity (Wildman–Crippen MR) is 69.5 cm³/mol. The molecule has 2 aromatic carbocycles. The normalized spacial score (nSPS) is 15.6. The number of esters is 1. The Labute approximate surface area is 109 Å². The van der Waals surface area contributed by atoms with Gasteiger partial charge in [-0.1, -0.05) is 29.8 Å². The van der Waals surface area contributed by atoms with Gasteiger partial charge in [-0.25, -0.2) is 9.79 Å². The number of halogens is 1. The minimum Gasteiger partial charge on any atom is -0.403 e. The van der Waals surface area contributed by atoms with Crippen molar-refractivity contribution >= 4 is 29.2 Å². The molecule has 3 rings (SSSR count). The molecule has 0 saturated carbocycles. The smallest absolute Gasteiger partial charge is 0.345 e. The van der Waals surface area contributed by atoms with Gasteiger partial charge in [-0.15, -0.1) is 0 Å². The first-order valence-corrected chi connectivity index (χ1v) is 5.78. The third-order valence-electron chi connectivity index (χ3n) is 2.61. The molecule has 0 saturated heterocycles. The van der Waals surface area contributed by atoms with Crippen LogP contribution in [0.1, 0.15) is 15.9 Å². The highest BCUT2D eigenvalue weighted by Crippen LogP contribution is 2.24. The summed E-state index contributed by atoms with van der Waals surface area (Å²) < 4.78 is 5.14. The number of rotatable bonds is 1. The van der Waals surface area contributed by atoms with E-state index in [2.05, 4.69) is 4.99 Å². The lowest BCUT2D eigenvalue weighted by atomic mass is 10.1. The van der Waals surface area contributed by atoms with Crippen LogP contribution in [0.15, 0.2) is 53.5 Å². The molecule has 1 heterocycles. The molecule has 1 aliphatic rings. The predicted octanol–water partition coefficient (Wildman–Crippen LogP) is 3.59. The van der Waals surface area contributed by atoms with Crippen molar-refractivity contribution in [1.29, 1.82) is 0 Å². The number of cyclic esters (lactones) is 1. The maximum Gasteiger partial charge on any atom is 0.345 e. The Morgan fingerprint density at radius 1 is 1.00 bits per heavy atom. The monoisotopic (exact) mass is 257 g/mol. The fourth-order valence-corrected chi connectivity index (χ4v) is 1.98. The van der Waals surface area contributed by atoms with Crippen molar-refractivity contribution in [3.8, 4) is 0 Å². The molecular weight excluding hydrogens is 250 g/mol. The number of aliphatic imine (C=N–C) groups is 1. The molecule has 0 unspecified atom stereocenters. The highest BCUT2D eigenvalue weighted by Gasteiger charge is 2.27. The molecule has 88 valence electrons. The number of carbonyl (C=O) groups is 1. The topological polar surface area (TPSA) is 38.7 Å². The first-order chi connectivity index (χ1) is 8.74. The Bertz CT molecular complexity index is 664. The number of benzene rings is 2. The first kappa shape index (κ1) is 11.0. The highest BCUT2D eigenvalue weighted by atomic mass is 35.5. The van der Waals surface area contributed by atoms with Gasteiger partial charge in [-0.2, -0.15) is 0 Å². The van der Waals surface area contributed by atoms with Gasteiger partial charge in [0.25, 0.3) is 0 Å². The van der Waals surface area contributed by atoms with E-state index in [1.54, 1.807) is 36.4 Å². The zero-order chi connectivity index (χ0) is 12.5. The van der Waals surface area contributed by atoms with Gasteiger partial charge in [-0.3, -0.25) is 0 Å². The van der Waals surface area contributed by atoms with Gasteiger partial charge in [0.05, 0.1) is 16.8 Å². The maximum atomic E-state index is 11.6. The van der Waals surface area contributed by atoms with E-state index in [0.717, 1.165) is 0 Å². The van der Waals surface area contributed by atoms with Crippen LogP contribution < -0.4 is 0 Å². The second-order valence-corrected chi connectivity index (χ2v) is 4.27. The third kappa shape index (κ3) is 1.89. The third-order valence-corrected chi connectivity index (χ3v) is 2.84. The van der Waals surface area contributed by atoms with Gasteiger partial charge >= 0.3 is 5.97 Å². The van der Waals surface area contributed by atoms with Crippen LogP contribution in [0, 0.1) is 0 Å². The molecule has 0 fully saturated rings. The number of ether oxygens (including phenoxy) is 1. The molecule has 0 aliphatic carbocycles. The maximum absolute atomic E-state index is 11.6. The van der Waals surface area contributed by atoms with Crippen LogP contribution in [0.4, 0.5) is 5.69 Å². The molecule has 4 heteroatoms. The molecule has 0 spiro atoms. The summed E-state index contributed by atoms with van der Waals surface area (Å²) in [4.78, 5) is 15.9. The van der Waals surface area contributed by atoms with Gasteiger partial charge in [0.2, 0.25) is 5.90 Å². The minimum absolute atomic E-state index is 0.317. The molecule has 0 atom stereocenters. The first-order valence-electron chi connectivity index (χ1n) is 5.40. The van der Waals surface area contributed by atoms with E-state index in [1.165, 1.54) is 0 Å². The Morgan fingerprint density at radius 3 is 2.56 bits per heavy atom. The molecule has 1 aliphatic heterocycles. The molecule has 0 amide bonds. The van der Waals surface area contributed by atoms with Crippen LogP contribution in [0.5, 0.6) is 0 Å². The van der Waals surface area contributed by atoms with Crippen molar-refractivity contribution < 1.29 is 9.53 Å². The summed E-state index contributed by atoms with van der Waals surface area (Å²) in [5, 5.41) is 0.592. The van der Waals surface area contributed by atoms with E-state index in [-0.39, 0.29) is 5.97 Å². The lowest BCUT2D eigenvalue weighted by Crippen LogP contribution is -1.99. The Morgan fingerprint density at radius 2 is 1.78 bits per heavy atom. The van der Waals surface area contributed by atoms with Crippen LogP contribution in [0.25, 0.3) is 0 Å². The van der Waals surface area contributed by atoms with Crippen molar-refractivity contribution in [2.24, 2.45) is 4.99 Å². The van der Waals surface area contributed by atoms with Gasteiger partial charge in [-0.05, 0) is 30.3 Å².